The lowest BCUT2D eigenvalue weighted by atomic mass is 10.0. The standard InChI is InChI=1S/C16H27N3/c1-13-5-7-15(8-6-13)19-12-16(9-10-17-3)18(4)11-14(19)2/h5-8,14,16-17H,9-12H2,1-4H3. The molecule has 0 radical (unpaired) electrons. The fraction of sp³-hybridized carbons (Fsp3) is 0.625. The average molecular weight is 261 g/mol. The normalized spacial score (nSPS) is 24.7. The third kappa shape index (κ3) is 3.48. The number of aryl methyl sites for hydroxylation is 1. The summed E-state index contributed by atoms with van der Waals surface area (Å²) < 4.78 is 0. The van der Waals surface area contributed by atoms with Crippen LogP contribution in [0.1, 0.15) is 18.9 Å². The molecule has 2 atom stereocenters. The SMILES string of the molecule is CNCCC1CN(c2ccc(C)cc2)C(C)CN1C. The van der Waals surface area contributed by atoms with Crippen molar-refractivity contribution in [1.82, 2.24) is 10.2 Å². The Morgan fingerprint density at radius 2 is 1.89 bits per heavy atom. The molecule has 0 saturated carbocycles. The zero-order chi connectivity index (χ0) is 13.8. The van der Waals surface area contributed by atoms with E-state index in [1.807, 2.05) is 7.05 Å². The molecule has 3 heteroatoms. The Morgan fingerprint density at radius 3 is 2.53 bits per heavy atom. The second-order valence-corrected chi connectivity index (χ2v) is 5.82. The van der Waals surface area contributed by atoms with E-state index in [1.54, 1.807) is 0 Å². The fourth-order valence-corrected chi connectivity index (χ4v) is 2.93. The van der Waals surface area contributed by atoms with Crippen molar-refractivity contribution in [1.29, 1.82) is 0 Å². The van der Waals surface area contributed by atoms with Crippen molar-refractivity contribution in [2.75, 3.05) is 38.6 Å². The average Bonchev–Trinajstić information content (AvgIpc) is 2.39. The summed E-state index contributed by atoms with van der Waals surface area (Å²) in [4.78, 5) is 5.06. The maximum atomic E-state index is 3.26. The first-order valence-electron chi connectivity index (χ1n) is 7.30. The molecule has 0 aliphatic carbocycles. The number of piperazine rings is 1. The highest BCUT2D eigenvalue weighted by Crippen LogP contribution is 2.23. The van der Waals surface area contributed by atoms with E-state index in [2.05, 4.69) is 60.3 Å². The minimum atomic E-state index is 0.582. The summed E-state index contributed by atoms with van der Waals surface area (Å²) in [5.41, 5.74) is 2.69. The highest BCUT2D eigenvalue weighted by molar-refractivity contribution is 5.49. The fourth-order valence-electron chi connectivity index (χ4n) is 2.93. The van der Waals surface area contributed by atoms with Gasteiger partial charge in [0.2, 0.25) is 0 Å². The van der Waals surface area contributed by atoms with Crippen LogP contribution in [0, 0.1) is 6.92 Å². The Bertz CT molecular complexity index is 387. The van der Waals surface area contributed by atoms with Gasteiger partial charge in [-0.25, -0.2) is 0 Å². The van der Waals surface area contributed by atoms with Crippen molar-refractivity contribution in [3.63, 3.8) is 0 Å². The van der Waals surface area contributed by atoms with Crippen LogP contribution >= 0.6 is 0 Å². The van der Waals surface area contributed by atoms with Gasteiger partial charge in [0, 0.05) is 30.9 Å². The van der Waals surface area contributed by atoms with Crippen LogP contribution in [0.5, 0.6) is 0 Å². The molecule has 1 aromatic rings. The number of likely N-dealkylation sites (N-methyl/N-ethyl adjacent to an activating group) is 1. The molecule has 106 valence electrons. The monoisotopic (exact) mass is 261 g/mol. The van der Waals surface area contributed by atoms with Crippen molar-refractivity contribution in [3.8, 4) is 0 Å². The largest absolute Gasteiger partial charge is 0.366 e. The first kappa shape index (κ1) is 14.4. The molecule has 1 aliphatic rings. The zero-order valence-corrected chi connectivity index (χ0v) is 12.7. The molecule has 2 rings (SSSR count). The van der Waals surface area contributed by atoms with Crippen LogP contribution in [0.2, 0.25) is 0 Å². The molecule has 19 heavy (non-hydrogen) atoms. The van der Waals surface area contributed by atoms with Gasteiger partial charge in [-0.05, 0) is 53.0 Å². The van der Waals surface area contributed by atoms with Gasteiger partial charge in [-0.15, -0.1) is 0 Å². The molecule has 1 saturated heterocycles. The van der Waals surface area contributed by atoms with Gasteiger partial charge in [-0.3, -0.25) is 4.90 Å². The lowest BCUT2D eigenvalue weighted by Gasteiger charge is -2.45. The minimum absolute atomic E-state index is 0.582. The third-order valence-corrected chi connectivity index (χ3v) is 4.21. The van der Waals surface area contributed by atoms with E-state index in [4.69, 9.17) is 0 Å². The molecule has 2 unspecified atom stereocenters. The number of benzene rings is 1. The molecule has 1 aromatic carbocycles. The molecule has 0 bridgehead atoms. The molecule has 0 aromatic heterocycles. The van der Waals surface area contributed by atoms with E-state index >= 15 is 0 Å². The maximum Gasteiger partial charge on any atom is 0.0389 e. The quantitative estimate of drug-likeness (QED) is 0.895. The number of hydrogen-bond acceptors (Lipinski definition) is 3. The summed E-state index contributed by atoms with van der Waals surface area (Å²) in [7, 11) is 4.28. The van der Waals surface area contributed by atoms with E-state index in [9.17, 15) is 0 Å². The predicted molar refractivity (Wildman–Crippen MR) is 82.9 cm³/mol. The van der Waals surface area contributed by atoms with Crippen molar-refractivity contribution < 1.29 is 0 Å². The Kier molecular flexibility index (Phi) is 4.83. The van der Waals surface area contributed by atoms with Gasteiger partial charge in [0.1, 0.15) is 0 Å². The highest BCUT2D eigenvalue weighted by Gasteiger charge is 2.28. The van der Waals surface area contributed by atoms with Gasteiger partial charge in [0.25, 0.3) is 0 Å². The summed E-state index contributed by atoms with van der Waals surface area (Å²) in [6.07, 6.45) is 1.21. The van der Waals surface area contributed by atoms with Gasteiger partial charge >= 0.3 is 0 Å². The van der Waals surface area contributed by atoms with Gasteiger partial charge in [0.15, 0.2) is 0 Å². The van der Waals surface area contributed by atoms with Crippen molar-refractivity contribution in [2.45, 2.75) is 32.4 Å². The van der Waals surface area contributed by atoms with E-state index in [0.717, 1.165) is 19.6 Å². The van der Waals surface area contributed by atoms with Gasteiger partial charge < -0.3 is 10.2 Å². The summed E-state index contributed by atoms with van der Waals surface area (Å²) in [6, 6.07) is 10.2. The lowest BCUT2D eigenvalue weighted by Crippen LogP contribution is -2.56. The molecule has 0 amide bonds. The number of anilines is 1. The van der Waals surface area contributed by atoms with Crippen molar-refractivity contribution in [3.05, 3.63) is 29.8 Å². The number of nitrogens with zero attached hydrogens (tertiary/aromatic N) is 2. The van der Waals surface area contributed by atoms with Gasteiger partial charge in [-0.1, -0.05) is 17.7 Å². The van der Waals surface area contributed by atoms with E-state index in [-0.39, 0.29) is 0 Å². The summed E-state index contributed by atoms with van der Waals surface area (Å²) >= 11 is 0. The maximum absolute atomic E-state index is 3.26. The Balaban J connectivity index is 2.08. The van der Waals surface area contributed by atoms with Crippen LogP contribution in [-0.4, -0.2) is 50.7 Å². The van der Waals surface area contributed by atoms with E-state index in [1.165, 1.54) is 17.7 Å². The predicted octanol–water partition coefficient (Wildman–Crippen LogP) is 2.11. The number of hydrogen-bond donors (Lipinski definition) is 1. The molecular formula is C16H27N3. The van der Waals surface area contributed by atoms with Crippen LogP contribution in [0.15, 0.2) is 24.3 Å². The van der Waals surface area contributed by atoms with E-state index in [0.29, 0.717) is 12.1 Å². The van der Waals surface area contributed by atoms with Gasteiger partial charge in [-0.2, -0.15) is 0 Å². The summed E-state index contributed by atoms with van der Waals surface area (Å²) in [5.74, 6) is 0. The molecule has 0 spiro atoms. The zero-order valence-electron chi connectivity index (χ0n) is 12.7. The third-order valence-electron chi connectivity index (χ3n) is 4.21. The summed E-state index contributed by atoms with van der Waals surface area (Å²) in [6.45, 7) is 7.83. The topological polar surface area (TPSA) is 18.5 Å². The number of rotatable bonds is 4. The van der Waals surface area contributed by atoms with Crippen LogP contribution in [0.3, 0.4) is 0 Å². The molecule has 1 aliphatic heterocycles. The second-order valence-electron chi connectivity index (χ2n) is 5.82. The first-order chi connectivity index (χ1) is 9.11. The highest BCUT2D eigenvalue weighted by atomic mass is 15.3. The van der Waals surface area contributed by atoms with Crippen molar-refractivity contribution in [2.24, 2.45) is 0 Å². The first-order valence-corrected chi connectivity index (χ1v) is 7.30. The molecular weight excluding hydrogens is 234 g/mol. The molecule has 1 heterocycles. The molecule has 1 fully saturated rings. The number of nitrogens with one attached hydrogen (secondary N) is 1. The smallest absolute Gasteiger partial charge is 0.0389 e. The van der Waals surface area contributed by atoms with Crippen LogP contribution in [0.25, 0.3) is 0 Å². The van der Waals surface area contributed by atoms with E-state index < -0.39 is 0 Å². The minimum Gasteiger partial charge on any atom is -0.366 e. The summed E-state index contributed by atoms with van der Waals surface area (Å²) in [5, 5.41) is 3.26. The van der Waals surface area contributed by atoms with Gasteiger partial charge in [0.05, 0.1) is 0 Å². The molecule has 3 nitrogen and oxygen atoms in total. The second kappa shape index (κ2) is 6.40. The van der Waals surface area contributed by atoms with Crippen LogP contribution in [0.4, 0.5) is 5.69 Å². The van der Waals surface area contributed by atoms with Crippen LogP contribution < -0.4 is 10.2 Å². The Labute approximate surface area is 117 Å². The molecule has 1 N–H and O–H groups in total. The Morgan fingerprint density at radius 1 is 1.21 bits per heavy atom. The van der Waals surface area contributed by atoms with Crippen molar-refractivity contribution >= 4 is 5.69 Å². The van der Waals surface area contributed by atoms with Crippen LogP contribution in [-0.2, 0) is 0 Å². The Hall–Kier alpha value is -1.06. The lowest BCUT2D eigenvalue weighted by molar-refractivity contribution is 0.183.